The lowest BCUT2D eigenvalue weighted by atomic mass is 10.2. The smallest absolute Gasteiger partial charge is 0.335 e. The van der Waals surface area contributed by atoms with Crippen LogP contribution in [0.3, 0.4) is 0 Å². The molecule has 0 aliphatic carbocycles. The number of anilines is 1. The number of hydrogen-bond donors (Lipinski definition) is 1. The molecule has 0 saturated carbocycles. The van der Waals surface area contributed by atoms with Gasteiger partial charge in [-0.1, -0.05) is 0 Å². The van der Waals surface area contributed by atoms with E-state index >= 15 is 0 Å². The van der Waals surface area contributed by atoms with Crippen LogP contribution in [0.2, 0.25) is 0 Å². The van der Waals surface area contributed by atoms with Crippen LogP contribution in [0.4, 0.5) is 5.69 Å². The molecule has 1 atom stereocenters. The van der Waals surface area contributed by atoms with Gasteiger partial charge in [0.25, 0.3) is 0 Å². The monoisotopic (exact) mass is 213 g/mol. The maximum atomic E-state index is 10.7. The quantitative estimate of drug-likeness (QED) is 0.726. The number of carboxylic acids is 1. The molecule has 0 aromatic heterocycles. The summed E-state index contributed by atoms with van der Waals surface area (Å²) in [4.78, 5) is 10.7. The Balaban J connectivity index is 2.46. The van der Waals surface area contributed by atoms with Gasteiger partial charge in [0.15, 0.2) is 6.23 Å². The molecule has 14 heavy (non-hydrogen) atoms. The highest BCUT2D eigenvalue weighted by Gasteiger charge is 2.26. The summed E-state index contributed by atoms with van der Waals surface area (Å²) in [6.07, 6.45) is -0.268. The Hall–Kier alpha value is -1.42. The van der Waals surface area contributed by atoms with Crippen molar-refractivity contribution in [3.8, 4) is 5.75 Å². The number of nitrogens with zero attached hydrogens (tertiary/aromatic N) is 1. The van der Waals surface area contributed by atoms with Crippen LogP contribution in [0.15, 0.2) is 18.2 Å². The molecule has 0 radical (unpaired) electrons. The minimum atomic E-state index is -0.975. The zero-order valence-corrected chi connectivity index (χ0v) is 8.15. The summed E-state index contributed by atoms with van der Waals surface area (Å²) >= 11 is 5.89. The first-order valence-corrected chi connectivity index (χ1v) is 4.42. The summed E-state index contributed by atoms with van der Waals surface area (Å²) in [5.41, 5.74) is 0.797. The molecular weight excluding hydrogens is 206 g/mol. The lowest BCUT2D eigenvalue weighted by molar-refractivity contribution is 0.0697. The number of rotatable bonds is 1. The van der Waals surface area contributed by atoms with E-state index in [1.165, 1.54) is 16.6 Å². The van der Waals surface area contributed by atoms with E-state index in [4.69, 9.17) is 21.6 Å². The van der Waals surface area contributed by atoms with Crippen molar-refractivity contribution in [2.75, 3.05) is 4.42 Å². The summed E-state index contributed by atoms with van der Waals surface area (Å²) in [5.74, 6) is -0.366. The van der Waals surface area contributed by atoms with Crippen LogP contribution in [0.25, 0.3) is 0 Å². The molecule has 1 aromatic carbocycles. The molecule has 0 bridgehead atoms. The Labute approximate surface area is 85.8 Å². The maximum Gasteiger partial charge on any atom is 0.335 e. The second-order valence-corrected chi connectivity index (χ2v) is 3.38. The highest BCUT2D eigenvalue weighted by molar-refractivity contribution is 6.26. The van der Waals surface area contributed by atoms with Crippen LogP contribution in [0, 0.1) is 0 Å². The third-order valence-electron chi connectivity index (χ3n) is 2.05. The van der Waals surface area contributed by atoms with Gasteiger partial charge in [-0.3, -0.25) is 0 Å². The fourth-order valence-corrected chi connectivity index (χ4v) is 1.51. The number of carboxylic acid groups (broad SMARTS) is 1. The van der Waals surface area contributed by atoms with Crippen LogP contribution in [0.5, 0.6) is 5.75 Å². The zero-order valence-electron chi connectivity index (χ0n) is 7.40. The molecule has 2 rings (SSSR count). The van der Waals surface area contributed by atoms with Gasteiger partial charge in [-0.25, -0.2) is 9.21 Å². The van der Waals surface area contributed by atoms with Crippen molar-refractivity contribution in [1.82, 2.24) is 0 Å². The first-order valence-electron chi connectivity index (χ1n) is 4.08. The molecule has 1 aromatic rings. The molecule has 4 nitrogen and oxygen atoms in total. The van der Waals surface area contributed by atoms with Gasteiger partial charge in [0.1, 0.15) is 5.75 Å². The summed E-state index contributed by atoms with van der Waals surface area (Å²) in [5, 5.41) is 8.77. The van der Waals surface area contributed by atoms with Crippen molar-refractivity contribution in [2.45, 2.75) is 13.2 Å². The fourth-order valence-electron chi connectivity index (χ4n) is 1.34. The van der Waals surface area contributed by atoms with E-state index in [-0.39, 0.29) is 11.8 Å². The van der Waals surface area contributed by atoms with E-state index in [1.54, 1.807) is 13.0 Å². The van der Waals surface area contributed by atoms with Crippen molar-refractivity contribution in [3.63, 3.8) is 0 Å². The molecule has 1 aliphatic heterocycles. The van der Waals surface area contributed by atoms with Gasteiger partial charge in [-0.2, -0.15) is 0 Å². The van der Waals surface area contributed by atoms with Gasteiger partial charge in [0, 0.05) is 11.8 Å². The number of ether oxygens (including phenoxy) is 1. The molecule has 5 heteroatoms. The SMILES string of the molecule is CC1Oc2ccc(C(=O)O)cc2N1Cl. The second-order valence-electron chi connectivity index (χ2n) is 3.02. The van der Waals surface area contributed by atoms with Gasteiger partial charge in [-0.05, 0) is 25.1 Å². The largest absolute Gasteiger partial charge is 0.478 e. The van der Waals surface area contributed by atoms with Crippen molar-refractivity contribution in [3.05, 3.63) is 23.8 Å². The fraction of sp³-hybridized carbons (Fsp3) is 0.222. The third-order valence-corrected chi connectivity index (χ3v) is 2.51. The average molecular weight is 214 g/mol. The zero-order chi connectivity index (χ0) is 10.3. The van der Waals surface area contributed by atoms with Crippen molar-refractivity contribution in [2.24, 2.45) is 0 Å². The van der Waals surface area contributed by atoms with Crippen molar-refractivity contribution < 1.29 is 14.6 Å². The lowest BCUT2D eigenvalue weighted by Gasteiger charge is -2.11. The van der Waals surface area contributed by atoms with Gasteiger partial charge in [0.05, 0.1) is 11.3 Å². The number of benzene rings is 1. The molecule has 0 saturated heterocycles. The van der Waals surface area contributed by atoms with E-state index in [9.17, 15) is 4.79 Å². The number of fused-ring (bicyclic) bond motifs is 1. The van der Waals surface area contributed by atoms with Crippen molar-refractivity contribution >= 4 is 23.4 Å². The normalized spacial score (nSPS) is 19.0. The lowest BCUT2D eigenvalue weighted by Crippen LogP contribution is -2.22. The first kappa shape index (κ1) is 9.15. The Kier molecular flexibility index (Phi) is 2.00. The minimum absolute atomic E-state index is 0.201. The number of aromatic carboxylic acids is 1. The molecule has 74 valence electrons. The Morgan fingerprint density at radius 3 is 3.00 bits per heavy atom. The highest BCUT2D eigenvalue weighted by atomic mass is 35.5. The molecular formula is C9H8ClNO3. The molecule has 0 amide bonds. The number of halogens is 1. The van der Waals surface area contributed by atoms with Crippen molar-refractivity contribution in [1.29, 1.82) is 0 Å². The molecule has 1 N–H and O–H groups in total. The van der Waals surface area contributed by atoms with Crippen LogP contribution in [-0.2, 0) is 0 Å². The van der Waals surface area contributed by atoms with E-state index in [2.05, 4.69) is 0 Å². The summed E-state index contributed by atoms with van der Waals surface area (Å²) in [6.45, 7) is 1.79. The number of hydrogen-bond acceptors (Lipinski definition) is 3. The molecule has 0 fully saturated rings. The molecule has 0 spiro atoms. The highest BCUT2D eigenvalue weighted by Crippen LogP contribution is 2.38. The third kappa shape index (κ3) is 1.28. The Morgan fingerprint density at radius 1 is 1.64 bits per heavy atom. The second kappa shape index (κ2) is 3.06. The Bertz CT molecular complexity index is 394. The first-order chi connectivity index (χ1) is 6.59. The number of carbonyl (C=O) groups is 1. The predicted octanol–water partition coefficient (Wildman–Crippen LogP) is 2.08. The summed E-state index contributed by atoms with van der Waals surface area (Å²) in [7, 11) is 0. The summed E-state index contributed by atoms with van der Waals surface area (Å²) < 4.78 is 6.73. The summed E-state index contributed by atoms with van der Waals surface area (Å²) in [6, 6.07) is 4.59. The maximum absolute atomic E-state index is 10.7. The molecule has 1 aliphatic rings. The van der Waals surface area contributed by atoms with Crippen LogP contribution < -0.4 is 9.16 Å². The molecule has 1 unspecified atom stereocenters. The molecule has 1 heterocycles. The van der Waals surface area contributed by atoms with E-state index < -0.39 is 5.97 Å². The van der Waals surface area contributed by atoms with Crippen LogP contribution >= 0.6 is 11.8 Å². The minimum Gasteiger partial charge on any atom is -0.478 e. The van der Waals surface area contributed by atoms with E-state index in [0.29, 0.717) is 11.4 Å². The Morgan fingerprint density at radius 2 is 2.36 bits per heavy atom. The van der Waals surface area contributed by atoms with Gasteiger partial charge in [-0.15, -0.1) is 0 Å². The van der Waals surface area contributed by atoms with Crippen LogP contribution in [0.1, 0.15) is 17.3 Å². The van der Waals surface area contributed by atoms with Gasteiger partial charge in [0.2, 0.25) is 0 Å². The van der Waals surface area contributed by atoms with Crippen LogP contribution in [-0.4, -0.2) is 17.3 Å². The average Bonchev–Trinajstić information content (AvgIpc) is 2.43. The van der Waals surface area contributed by atoms with E-state index in [1.807, 2.05) is 0 Å². The predicted molar refractivity (Wildman–Crippen MR) is 51.8 cm³/mol. The standard InChI is InChI=1S/C9H8ClNO3/c1-5-11(10)7-4-6(9(12)13)2-3-8(7)14-5/h2-5H,1H3,(H,12,13). The van der Waals surface area contributed by atoms with E-state index in [0.717, 1.165) is 0 Å². The van der Waals surface area contributed by atoms with Gasteiger partial charge < -0.3 is 9.84 Å². The van der Waals surface area contributed by atoms with Gasteiger partial charge >= 0.3 is 5.97 Å². The topological polar surface area (TPSA) is 49.8 Å².